The van der Waals surface area contributed by atoms with Crippen molar-refractivity contribution in [2.24, 2.45) is 0 Å². The first-order valence-electron chi connectivity index (χ1n) is 8.32. The minimum absolute atomic E-state index is 0.469. The Morgan fingerprint density at radius 1 is 0.640 bits per heavy atom. The first-order chi connectivity index (χ1) is 12.4. The third-order valence-electron chi connectivity index (χ3n) is 3.77. The molecule has 0 heterocycles. The van der Waals surface area contributed by atoms with Gasteiger partial charge in [-0.25, -0.2) is 0 Å². The number of para-hydroxylation sites is 2. The highest BCUT2D eigenvalue weighted by Crippen LogP contribution is 2.25. The molecule has 0 aromatic heterocycles. The van der Waals surface area contributed by atoms with Gasteiger partial charge in [-0.1, -0.05) is 42.5 Å². The summed E-state index contributed by atoms with van der Waals surface area (Å²) in [7, 11) is 1.63. The Morgan fingerprint density at radius 2 is 1.32 bits per heavy atom. The van der Waals surface area contributed by atoms with Gasteiger partial charge in [0, 0.05) is 0 Å². The second kappa shape index (κ2) is 8.94. The van der Waals surface area contributed by atoms with Gasteiger partial charge in [-0.3, -0.25) is 0 Å². The maximum atomic E-state index is 5.73. The second-order valence-electron chi connectivity index (χ2n) is 5.47. The smallest absolute Gasteiger partial charge is 0.161 e. The van der Waals surface area contributed by atoms with E-state index in [1.54, 1.807) is 7.11 Å². The Morgan fingerprint density at radius 3 is 2.12 bits per heavy atom. The second-order valence-corrected chi connectivity index (χ2v) is 5.47. The average Bonchev–Trinajstić information content (AvgIpc) is 2.67. The van der Waals surface area contributed by atoms with Crippen LogP contribution in [0.2, 0.25) is 0 Å². The molecular formula is C21H22O4. The average molecular weight is 338 g/mol. The van der Waals surface area contributed by atoms with Gasteiger partial charge in [0.15, 0.2) is 11.5 Å². The van der Waals surface area contributed by atoms with Crippen LogP contribution in [0.5, 0.6) is 17.2 Å². The third-order valence-corrected chi connectivity index (χ3v) is 3.77. The SMILES string of the molecule is COc1ccccc1OCCOCCOc1ccc2ccccc2c1. The number of ether oxygens (including phenoxy) is 4. The van der Waals surface area contributed by atoms with Crippen molar-refractivity contribution in [2.45, 2.75) is 0 Å². The van der Waals surface area contributed by atoms with E-state index in [2.05, 4.69) is 18.2 Å². The van der Waals surface area contributed by atoms with Crippen molar-refractivity contribution in [2.75, 3.05) is 33.5 Å². The molecule has 0 saturated heterocycles. The van der Waals surface area contributed by atoms with Crippen LogP contribution in [0.3, 0.4) is 0 Å². The van der Waals surface area contributed by atoms with Gasteiger partial charge < -0.3 is 18.9 Å². The molecule has 0 bridgehead atoms. The molecular weight excluding hydrogens is 316 g/mol. The molecule has 25 heavy (non-hydrogen) atoms. The van der Waals surface area contributed by atoms with Crippen LogP contribution >= 0.6 is 0 Å². The zero-order valence-electron chi connectivity index (χ0n) is 14.3. The van der Waals surface area contributed by atoms with Gasteiger partial charge in [-0.05, 0) is 35.0 Å². The van der Waals surface area contributed by atoms with Gasteiger partial charge >= 0.3 is 0 Å². The lowest BCUT2D eigenvalue weighted by molar-refractivity contribution is 0.0757. The van der Waals surface area contributed by atoms with E-state index in [4.69, 9.17) is 18.9 Å². The van der Waals surface area contributed by atoms with Crippen LogP contribution in [-0.4, -0.2) is 33.5 Å². The van der Waals surface area contributed by atoms with Crippen LogP contribution in [0.1, 0.15) is 0 Å². The fourth-order valence-electron chi connectivity index (χ4n) is 2.53. The minimum atomic E-state index is 0.469. The zero-order chi connectivity index (χ0) is 17.3. The largest absolute Gasteiger partial charge is 0.493 e. The van der Waals surface area contributed by atoms with Gasteiger partial charge in [0.05, 0.1) is 20.3 Å². The molecule has 3 rings (SSSR count). The van der Waals surface area contributed by atoms with Crippen molar-refractivity contribution in [1.82, 2.24) is 0 Å². The lowest BCUT2D eigenvalue weighted by Gasteiger charge is -2.11. The summed E-state index contributed by atoms with van der Waals surface area (Å²) < 4.78 is 22.2. The number of hydrogen-bond acceptors (Lipinski definition) is 4. The van der Waals surface area contributed by atoms with Crippen LogP contribution in [0.15, 0.2) is 66.7 Å². The molecule has 0 aliphatic carbocycles. The number of rotatable bonds is 9. The van der Waals surface area contributed by atoms with Crippen LogP contribution in [0.25, 0.3) is 10.8 Å². The summed E-state index contributed by atoms with van der Waals surface area (Å²) in [5.41, 5.74) is 0. The summed E-state index contributed by atoms with van der Waals surface area (Å²) >= 11 is 0. The summed E-state index contributed by atoms with van der Waals surface area (Å²) in [6, 6.07) is 21.9. The van der Waals surface area contributed by atoms with E-state index in [1.165, 1.54) is 10.8 Å². The highest BCUT2D eigenvalue weighted by molar-refractivity contribution is 5.83. The maximum absolute atomic E-state index is 5.73. The van der Waals surface area contributed by atoms with E-state index in [0.29, 0.717) is 26.4 Å². The zero-order valence-corrected chi connectivity index (χ0v) is 14.3. The van der Waals surface area contributed by atoms with E-state index in [-0.39, 0.29) is 0 Å². The third kappa shape index (κ3) is 4.88. The molecule has 4 heteroatoms. The lowest BCUT2D eigenvalue weighted by atomic mass is 10.1. The molecule has 3 aromatic rings. The van der Waals surface area contributed by atoms with Crippen LogP contribution in [0.4, 0.5) is 0 Å². The maximum Gasteiger partial charge on any atom is 0.161 e. The molecule has 0 fully saturated rings. The fraction of sp³-hybridized carbons (Fsp3) is 0.238. The molecule has 0 N–H and O–H groups in total. The summed E-state index contributed by atoms with van der Waals surface area (Å²) in [4.78, 5) is 0. The summed E-state index contributed by atoms with van der Waals surface area (Å²) in [6.45, 7) is 1.99. The molecule has 0 spiro atoms. The molecule has 0 atom stereocenters. The Balaban J connectivity index is 1.34. The van der Waals surface area contributed by atoms with E-state index in [1.807, 2.05) is 48.5 Å². The van der Waals surface area contributed by atoms with Crippen molar-refractivity contribution >= 4 is 10.8 Å². The summed E-state index contributed by atoms with van der Waals surface area (Å²) in [5.74, 6) is 2.30. The van der Waals surface area contributed by atoms with Gasteiger partial charge in [-0.2, -0.15) is 0 Å². The first-order valence-corrected chi connectivity index (χ1v) is 8.32. The molecule has 4 nitrogen and oxygen atoms in total. The monoisotopic (exact) mass is 338 g/mol. The van der Waals surface area contributed by atoms with Gasteiger partial charge in [0.25, 0.3) is 0 Å². The number of fused-ring (bicyclic) bond motifs is 1. The highest BCUT2D eigenvalue weighted by atomic mass is 16.6. The number of benzene rings is 3. The van der Waals surface area contributed by atoms with E-state index in [0.717, 1.165) is 17.2 Å². The Hall–Kier alpha value is -2.72. The van der Waals surface area contributed by atoms with E-state index >= 15 is 0 Å². The Kier molecular flexibility index (Phi) is 6.12. The normalized spacial score (nSPS) is 10.6. The molecule has 0 aliphatic heterocycles. The van der Waals surface area contributed by atoms with Gasteiger partial charge in [0.1, 0.15) is 19.0 Å². The quantitative estimate of drug-likeness (QED) is 0.544. The number of methoxy groups -OCH3 is 1. The van der Waals surface area contributed by atoms with Crippen LogP contribution in [-0.2, 0) is 4.74 Å². The molecule has 0 saturated carbocycles. The van der Waals surface area contributed by atoms with Crippen LogP contribution in [0, 0.1) is 0 Å². The molecule has 0 unspecified atom stereocenters. The summed E-state index contributed by atoms with van der Waals surface area (Å²) in [5, 5.41) is 2.38. The first kappa shape index (κ1) is 17.1. The predicted molar refractivity (Wildman–Crippen MR) is 98.8 cm³/mol. The topological polar surface area (TPSA) is 36.9 Å². The Labute approximate surface area is 147 Å². The van der Waals surface area contributed by atoms with Crippen molar-refractivity contribution in [3.8, 4) is 17.2 Å². The molecule has 3 aromatic carbocycles. The molecule has 0 aliphatic rings. The lowest BCUT2D eigenvalue weighted by Crippen LogP contribution is -2.12. The predicted octanol–water partition coefficient (Wildman–Crippen LogP) is 4.32. The van der Waals surface area contributed by atoms with Crippen molar-refractivity contribution in [1.29, 1.82) is 0 Å². The molecule has 0 amide bonds. The van der Waals surface area contributed by atoms with Crippen LogP contribution < -0.4 is 14.2 Å². The minimum Gasteiger partial charge on any atom is -0.493 e. The molecule has 0 radical (unpaired) electrons. The van der Waals surface area contributed by atoms with Gasteiger partial charge in [0.2, 0.25) is 0 Å². The highest BCUT2D eigenvalue weighted by Gasteiger charge is 2.02. The van der Waals surface area contributed by atoms with E-state index < -0.39 is 0 Å². The van der Waals surface area contributed by atoms with Crippen molar-refractivity contribution in [3.63, 3.8) is 0 Å². The standard InChI is InChI=1S/C21H22O4/c1-22-20-8-4-5-9-21(20)25-15-13-23-12-14-24-19-11-10-17-6-2-3-7-18(17)16-19/h2-11,16H,12-15H2,1H3. The van der Waals surface area contributed by atoms with Crippen molar-refractivity contribution in [3.05, 3.63) is 66.7 Å². The molecule has 130 valence electrons. The van der Waals surface area contributed by atoms with Crippen molar-refractivity contribution < 1.29 is 18.9 Å². The fourth-order valence-corrected chi connectivity index (χ4v) is 2.53. The van der Waals surface area contributed by atoms with Gasteiger partial charge in [-0.15, -0.1) is 0 Å². The Bertz CT molecular complexity index is 801. The van der Waals surface area contributed by atoms with E-state index in [9.17, 15) is 0 Å². The number of hydrogen-bond donors (Lipinski definition) is 0. The summed E-state index contributed by atoms with van der Waals surface area (Å²) in [6.07, 6.45) is 0.